The predicted octanol–water partition coefficient (Wildman–Crippen LogP) is 3.31. The van der Waals surface area contributed by atoms with Crippen LogP contribution in [-0.4, -0.2) is 48.9 Å². The van der Waals surface area contributed by atoms with Crippen LogP contribution < -0.4 is 4.74 Å². The molecule has 0 unspecified atom stereocenters. The number of nitrogens with zero attached hydrogens (tertiary/aromatic N) is 2. The summed E-state index contributed by atoms with van der Waals surface area (Å²) in [7, 11) is 2.07. The second kappa shape index (κ2) is 7.69. The fourth-order valence-electron chi connectivity index (χ4n) is 2.71. The van der Waals surface area contributed by atoms with E-state index in [9.17, 15) is 4.79 Å². The maximum absolute atomic E-state index is 12.9. The number of amides is 1. The second-order valence-corrected chi connectivity index (χ2v) is 6.45. The van der Waals surface area contributed by atoms with Crippen LogP contribution in [0.3, 0.4) is 0 Å². The molecule has 126 valence electrons. The summed E-state index contributed by atoms with van der Waals surface area (Å²) in [6.45, 7) is 3.63. The Morgan fingerprint density at radius 3 is 2.50 bits per heavy atom. The molecule has 3 rings (SSSR count). The fraction of sp³-hybridized carbons (Fsp3) is 0.316. The average Bonchev–Trinajstić information content (AvgIpc) is 2.61. The van der Waals surface area contributed by atoms with Gasteiger partial charge in [0.15, 0.2) is 0 Å². The summed E-state index contributed by atoms with van der Waals surface area (Å²) in [6, 6.07) is 15.1. The summed E-state index contributed by atoms with van der Waals surface area (Å²) in [4.78, 5) is 16.9. The van der Waals surface area contributed by atoms with Crippen molar-refractivity contribution in [1.82, 2.24) is 9.80 Å². The molecule has 2 aromatic rings. The third-order valence-corrected chi connectivity index (χ3v) is 4.43. The van der Waals surface area contributed by atoms with Crippen LogP contribution >= 0.6 is 11.6 Å². The molecule has 1 amide bonds. The lowest BCUT2D eigenvalue weighted by atomic mass is 10.1. The normalized spacial score (nSPS) is 15.3. The Balaban J connectivity index is 1.76. The monoisotopic (exact) mass is 344 g/mol. The topological polar surface area (TPSA) is 32.8 Å². The van der Waals surface area contributed by atoms with Gasteiger partial charge in [-0.3, -0.25) is 4.79 Å². The van der Waals surface area contributed by atoms with Gasteiger partial charge >= 0.3 is 0 Å². The first-order valence-electron chi connectivity index (χ1n) is 8.07. The minimum Gasteiger partial charge on any atom is -0.488 e. The lowest BCUT2D eigenvalue weighted by Crippen LogP contribution is -2.47. The van der Waals surface area contributed by atoms with E-state index in [-0.39, 0.29) is 5.91 Å². The number of likely N-dealkylation sites (N-methyl/N-ethyl adjacent to an activating group) is 1. The Hall–Kier alpha value is -2.04. The van der Waals surface area contributed by atoms with Gasteiger partial charge < -0.3 is 14.5 Å². The average molecular weight is 345 g/mol. The Labute approximate surface area is 147 Å². The second-order valence-electron chi connectivity index (χ2n) is 6.01. The van der Waals surface area contributed by atoms with Gasteiger partial charge in [-0.1, -0.05) is 41.9 Å². The number of benzene rings is 2. The molecule has 24 heavy (non-hydrogen) atoms. The first-order chi connectivity index (χ1) is 11.6. The van der Waals surface area contributed by atoms with Crippen LogP contribution in [0.1, 0.15) is 15.9 Å². The van der Waals surface area contributed by atoms with Crippen LogP contribution in [0.5, 0.6) is 5.75 Å². The molecule has 1 saturated heterocycles. The van der Waals surface area contributed by atoms with E-state index < -0.39 is 0 Å². The zero-order valence-electron chi connectivity index (χ0n) is 13.7. The molecule has 0 bridgehead atoms. The molecule has 0 saturated carbocycles. The fourth-order valence-corrected chi connectivity index (χ4v) is 2.88. The lowest BCUT2D eigenvalue weighted by molar-refractivity contribution is 0.0659. The number of rotatable bonds is 4. The molecule has 2 aromatic carbocycles. The van der Waals surface area contributed by atoms with Crippen LogP contribution in [0.15, 0.2) is 48.5 Å². The molecule has 0 aliphatic carbocycles. The van der Waals surface area contributed by atoms with E-state index in [2.05, 4.69) is 11.9 Å². The van der Waals surface area contributed by atoms with Crippen molar-refractivity contribution in [2.75, 3.05) is 33.2 Å². The number of hydrogen-bond donors (Lipinski definition) is 0. The molecule has 1 heterocycles. The summed E-state index contributed by atoms with van der Waals surface area (Å²) in [5, 5.41) is 0.541. The van der Waals surface area contributed by atoms with Gasteiger partial charge in [0.1, 0.15) is 12.4 Å². The maximum atomic E-state index is 12.9. The van der Waals surface area contributed by atoms with Crippen molar-refractivity contribution in [1.29, 1.82) is 0 Å². The molecule has 1 fully saturated rings. The summed E-state index contributed by atoms with van der Waals surface area (Å²) in [5.41, 5.74) is 1.59. The number of halogens is 1. The number of carbonyl (C=O) groups excluding carboxylic acids is 1. The van der Waals surface area contributed by atoms with Crippen molar-refractivity contribution in [3.63, 3.8) is 0 Å². The maximum Gasteiger partial charge on any atom is 0.257 e. The third kappa shape index (κ3) is 4.08. The van der Waals surface area contributed by atoms with Gasteiger partial charge in [-0.25, -0.2) is 0 Å². The number of hydrogen-bond acceptors (Lipinski definition) is 3. The molecular weight excluding hydrogens is 324 g/mol. The smallest absolute Gasteiger partial charge is 0.257 e. The van der Waals surface area contributed by atoms with E-state index in [1.54, 1.807) is 18.2 Å². The van der Waals surface area contributed by atoms with E-state index in [1.807, 2.05) is 35.2 Å². The van der Waals surface area contributed by atoms with Crippen molar-refractivity contribution < 1.29 is 9.53 Å². The molecule has 0 atom stereocenters. The van der Waals surface area contributed by atoms with Gasteiger partial charge in [0.25, 0.3) is 5.91 Å². The summed E-state index contributed by atoms with van der Waals surface area (Å²) in [5.74, 6) is 0.556. The van der Waals surface area contributed by atoms with Crippen molar-refractivity contribution in [2.45, 2.75) is 6.61 Å². The molecule has 5 heteroatoms. The molecule has 0 radical (unpaired) electrons. The Bertz CT molecular complexity index is 698. The SMILES string of the molecule is CN1CCN(C(=O)c2cc(Cl)ccc2OCc2ccccc2)CC1. The first-order valence-corrected chi connectivity index (χ1v) is 8.45. The summed E-state index contributed by atoms with van der Waals surface area (Å²) in [6.07, 6.45) is 0. The van der Waals surface area contributed by atoms with E-state index >= 15 is 0 Å². The standard InChI is InChI=1S/C19H21ClN2O2/c1-21-9-11-22(12-10-21)19(23)17-13-16(20)7-8-18(17)24-14-15-5-3-2-4-6-15/h2-8,13H,9-12,14H2,1H3. The van der Waals surface area contributed by atoms with Gasteiger partial charge in [0.05, 0.1) is 5.56 Å². The van der Waals surface area contributed by atoms with Crippen molar-refractivity contribution in [3.05, 3.63) is 64.7 Å². The Morgan fingerprint density at radius 2 is 1.79 bits per heavy atom. The highest BCUT2D eigenvalue weighted by molar-refractivity contribution is 6.31. The van der Waals surface area contributed by atoms with Crippen LogP contribution in [-0.2, 0) is 6.61 Å². The van der Waals surface area contributed by atoms with Gasteiger partial charge in [-0.15, -0.1) is 0 Å². The zero-order valence-corrected chi connectivity index (χ0v) is 14.5. The van der Waals surface area contributed by atoms with E-state index in [0.717, 1.165) is 31.7 Å². The third-order valence-electron chi connectivity index (χ3n) is 4.20. The molecule has 0 spiro atoms. The molecule has 1 aliphatic heterocycles. The van der Waals surface area contributed by atoms with E-state index in [4.69, 9.17) is 16.3 Å². The number of ether oxygens (including phenoxy) is 1. The molecule has 1 aliphatic rings. The molecular formula is C19H21ClN2O2. The van der Waals surface area contributed by atoms with Crippen LogP contribution in [0, 0.1) is 0 Å². The first kappa shape index (κ1) is 16.8. The van der Waals surface area contributed by atoms with Crippen molar-refractivity contribution in [3.8, 4) is 5.75 Å². The Kier molecular flexibility index (Phi) is 5.38. The largest absolute Gasteiger partial charge is 0.488 e. The molecule has 0 aromatic heterocycles. The highest BCUT2D eigenvalue weighted by Crippen LogP contribution is 2.25. The number of piperazine rings is 1. The lowest BCUT2D eigenvalue weighted by Gasteiger charge is -2.32. The zero-order chi connectivity index (χ0) is 16.9. The van der Waals surface area contributed by atoms with Crippen LogP contribution in [0.2, 0.25) is 5.02 Å². The highest BCUT2D eigenvalue weighted by Gasteiger charge is 2.23. The quantitative estimate of drug-likeness (QED) is 0.853. The molecule has 0 N–H and O–H groups in total. The minimum absolute atomic E-state index is 0.0198. The Morgan fingerprint density at radius 1 is 1.08 bits per heavy atom. The van der Waals surface area contributed by atoms with Crippen molar-refractivity contribution in [2.24, 2.45) is 0 Å². The molecule has 4 nitrogen and oxygen atoms in total. The van der Waals surface area contributed by atoms with Gasteiger partial charge in [0.2, 0.25) is 0 Å². The van der Waals surface area contributed by atoms with Gasteiger partial charge in [0, 0.05) is 31.2 Å². The van der Waals surface area contributed by atoms with Gasteiger partial charge in [-0.2, -0.15) is 0 Å². The van der Waals surface area contributed by atoms with Gasteiger partial charge in [-0.05, 0) is 30.8 Å². The number of carbonyl (C=O) groups is 1. The minimum atomic E-state index is -0.0198. The predicted molar refractivity (Wildman–Crippen MR) is 95.6 cm³/mol. The van der Waals surface area contributed by atoms with Crippen molar-refractivity contribution >= 4 is 17.5 Å². The van der Waals surface area contributed by atoms with Crippen LogP contribution in [0.4, 0.5) is 0 Å². The summed E-state index contributed by atoms with van der Waals surface area (Å²) >= 11 is 6.11. The van der Waals surface area contributed by atoms with Crippen LogP contribution in [0.25, 0.3) is 0 Å². The van der Waals surface area contributed by atoms with E-state index in [0.29, 0.717) is 22.9 Å². The summed E-state index contributed by atoms with van der Waals surface area (Å²) < 4.78 is 5.89. The van der Waals surface area contributed by atoms with E-state index in [1.165, 1.54) is 0 Å². The highest BCUT2D eigenvalue weighted by atomic mass is 35.5.